The molecule has 2 aromatic rings. The number of carbonyl (C=O) groups excluding carboxylic acids is 1. The lowest BCUT2D eigenvalue weighted by Crippen LogP contribution is -2.23. The largest absolute Gasteiger partial charge is 0.497 e. The summed E-state index contributed by atoms with van der Waals surface area (Å²) >= 11 is 0. The number of hydrogen-bond donors (Lipinski definition) is 2. The topological polar surface area (TPSA) is 94.1 Å². The van der Waals surface area contributed by atoms with Crippen LogP contribution in [-0.2, 0) is 11.3 Å². The number of nitrogens with one attached hydrogen (secondary N) is 1. The quantitative estimate of drug-likeness (QED) is 0.622. The third-order valence-corrected chi connectivity index (χ3v) is 3.83. The molecule has 0 spiro atoms. The van der Waals surface area contributed by atoms with Crippen LogP contribution in [0.4, 0.5) is 0 Å². The third-order valence-electron chi connectivity index (χ3n) is 3.83. The van der Waals surface area contributed by atoms with Crippen molar-refractivity contribution in [2.24, 2.45) is 0 Å². The van der Waals surface area contributed by atoms with Crippen molar-refractivity contribution in [2.75, 3.05) is 20.8 Å². The van der Waals surface area contributed by atoms with Gasteiger partial charge in [0.05, 0.1) is 26.4 Å². The average molecular weight is 373 g/mol. The summed E-state index contributed by atoms with van der Waals surface area (Å²) in [6.07, 6.45) is 0.535. The molecule has 2 rings (SSSR count). The molecule has 1 amide bonds. The smallest absolute Gasteiger partial charge is 0.303 e. The number of carboxylic acids is 1. The standard InChI is InChI=1S/C20H23NO6/c1-25-16-9-10-18(26-2)17(12-16)20(24)21-13-14-5-7-15(8-6-14)27-11-3-4-19(22)23/h5-10,12H,3-4,11,13H2,1-2H3,(H,21,24)(H,22,23). The molecular formula is C20H23NO6. The molecule has 0 heterocycles. The Morgan fingerprint density at radius 2 is 1.70 bits per heavy atom. The molecule has 0 saturated carbocycles. The summed E-state index contributed by atoms with van der Waals surface area (Å²) in [6.45, 7) is 0.691. The van der Waals surface area contributed by atoms with E-state index in [4.69, 9.17) is 19.3 Å². The monoisotopic (exact) mass is 373 g/mol. The molecule has 0 aliphatic rings. The molecular weight excluding hydrogens is 350 g/mol. The van der Waals surface area contributed by atoms with Gasteiger partial charge in [0.25, 0.3) is 5.91 Å². The highest BCUT2D eigenvalue weighted by Crippen LogP contribution is 2.24. The molecule has 0 aromatic heterocycles. The molecule has 2 aromatic carbocycles. The van der Waals surface area contributed by atoms with Gasteiger partial charge in [0.2, 0.25) is 0 Å². The summed E-state index contributed by atoms with van der Waals surface area (Å²) in [5, 5.41) is 11.4. The van der Waals surface area contributed by atoms with Gasteiger partial charge < -0.3 is 24.6 Å². The molecule has 0 aliphatic carbocycles. The Balaban J connectivity index is 1.89. The number of hydrogen-bond acceptors (Lipinski definition) is 5. The predicted octanol–water partition coefficient (Wildman–Crippen LogP) is 2.88. The van der Waals surface area contributed by atoms with E-state index in [1.807, 2.05) is 12.1 Å². The van der Waals surface area contributed by atoms with E-state index in [0.717, 1.165) is 5.56 Å². The zero-order valence-corrected chi connectivity index (χ0v) is 15.4. The molecule has 27 heavy (non-hydrogen) atoms. The van der Waals surface area contributed by atoms with E-state index in [2.05, 4.69) is 5.32 Å². The number of amides is 1. The zero-order chi connectivity index (χ0) is 19.6. The van der Waals surface area contributed by atoms with Gasteiger partial charge in [0.15, 0.2) is 0 Å². The van der Waals surface area contributed by atoms with Crippen LogP contribution in [0.2, 0.25) is 0 Å². The minimum absolute atomic E-state index is 0.0812. The highest BCUT2D eigenvalue weighted by atomic mass is 16.5. The van der Waals surface area contributed by atoms with E-state index in [1.54, 1.807) is 30.3 Å². The molecule has 7 nitrogen and oxygen atoms in total. The maximum Gasteiger partial charge on any atom is 0.303 e. The molecule has 144 valence electrons. The molecule has 7 heteroatoms. The first kappa shape index (κ1) is 20.1. The summed E-state index contributed by atoms with van der Waals surface area (Å²) in [6, 6.07) is 12.3. The van der Waals surface area contributed by atoms with Crippen LogP contribution in [0.3, 0.4) is 0 Å². The molecule has 0 atom stereocenters. The van der Waals surface area contributed by atoms with Gasteiger partial charge in [-0.05, 0) is 42.3 Å². The Hall–Kier alpha value is -3.22. The van der Waals surface area contributed by atoms with Gasteiger partial charge in [-0.25, -0.2) is 0 Å². The summed E-state index contributed by atoms with van der Waals surface area (Å²) in [5.74, 6) is 0.603. The van der Waals surface area contributed by atoms with Crippen LogP contribution in [0, 0.1) is 0 Å². The molecule has 2 N–H and O–H groups in total. The SMILES string of the molecule is COc1ccc(OC)c(C(=O)NCc2ccc(OCCCC(=O)O)cc2)c1. The molecule has 0 aliphatic heterocycles. The first-order valence-electron chi connectivity index (χ1n) is 8.47. The maximum atomic E-state index is 12.4. The summed E-state index contributed by atoms with van der Waals surface area (Å²) in [5.41, 5.74) is 1.30. The number of carbonyl (C=O) groups is 2. The van der Waals surface area contributed by atoms with E-state index in [1.165, 1.54) is 14.2 Å². The molecule has 0 radical (unpaired) electrons. The number of rotatable bonds is 10. The average Bonchev–Trinajstić information content (AvgIpc) is 2.69. The Labute approximate surface area is 157 Å². The first-order chi connectivity index (χ1) is 13.0. The van der Waals surface area contributed by atoms with Crippen molar-refractivity contribution in [1.29, 1.82) is 0 Å². The van der Waals surface area contributed by atoms with Gasteiger partial charge in [0, 0.05) is 13.0 Å². The van der Waals surface area contributed by atoms with Crippen molar-refractivity contribution >= 4 is 11.9 Å². The first-order valence-corrected chi connectivity index (χ1v) is 8.47. The Morgan fingerprint density at radius 3 is 2.33 bits per heavy atom. The summed E-state index contributed by atoms with van der Waals surface area (Å²) < 4.78 is 15.9. The predicted molar refractivity (Wildman–Crippen MR) is 99.5 cm³/mol. The number of ether oxygens (including phenoxy) is 3. The zero-order valence-electron chi connectivity index (χ0n) is 15.4. The van der Waals surface area contributed by atoms with Gasteiger partial charge in [0.1, 0.15) is 17.2 Å². The second kappa shape index (κ2) is 10.1. The summed E-state index contributed by atoms with van der Waals surface area (Å²) in [4.78, 5) is 22.9. The molecule has 0 unspecified atom stereocenters. The highest BCUT2D eigenvalue weighted by molar-refractivity contribution is 5.97. The van der Waals surface area contributed by atoms with Crippen LogP contribution in [0.25, 0.3) is 0 Å². The second-order valence-corrected chi connectivity index (χ2v) is 5.74. The minimum atomic E-state index is -0.836. The van der Waals surface area contributed by atoms with Crippen molar-refractivity contribution in [1.82, 2.24) is 5.32 Å². The van der Waals surface area contributed by atoms with E-state index in [-0.39, 0.29) is 12.3 Å². The van der Waals surface area contributed by atoms with Gasteiger partial charge >= 0.3 is 5.97 Å². The fraction of sp³-hybridized carbons (Fsp3) is 0.300. The van der Waals surface area contributed by atoms with Crippen LogP contribution in [0.15, 0.2) is 42.5 Å². The van der Waals surface area contributed by atoms with Crippen LogP contribution in [0.5, 0.6) is 17.2 Å². The van der Waals surface area contributed by atoms with Gasteiger partial charge in [-0.3, -0.25) is 9.59 Å². The second-order valence-electron chi connectivity index (χ2n) is 5.74. The number of carboxylic acid groups (broad SMARTS) is 1. The fourth-order valence-corrected chi connectivity index (χ4v) is 2.39. The molecule has 0 fully saturated rings. The van der Waals surface area contributed by atoms with Gasteiger partial charge in [-0.15, -0.1) is 0 Å². The Kier molecular flexibility index (Phi) is 7.49. The van der Waals surface area contributed by atoms with Crippen LogP contribution in [0.1, 0.15) is 28.8 Å². The Bertz CT molecular complexity index is 773. The van der Waals surface area contributed by atoms with Gasteiger partial charge in [-0.2, -0.15) is 0 Å². The number of benzene rings is 2. The van der Waals surface area contributed by atoms with Crippen LogP contribution in [-0.4, -0.2) is 37.8 Å². The normalized spacial score (nSPS) is 10.1. The van der Waals surface area contributed by atoms with Crippen molar-refractivity contribution in [3.05, 3.63) is 53.6 Å². The van der Waals surface area contributed by atoms with Gasteiger partial charge in [-0.1, -0.05) is 12.1 Å². The van der Waals surface area contributed by atoms with Crippen molar-refractivity contribution in [3.63, 3.8) is 0 Å². The highest BCUT2D eigenvalue weighted by Gasteiger charge is 2.13. The number of aliphatic carboxylic acids is 1. The lowest BCUT2D eigenvalue weighted by atomic mass is 10.1. The van der Waals surface area contributed by atoms with Crippen molar-refractivity contribution in [2.45, 2.75) is 19.4 Å². The van der Waals surface area contributed by atoms with Crippen molar-refractivity contribution < 1.29 is 28.9 Å². The Morgan fingerprint density at radius 1 is 1.00 bits per heavy atom. The van der Waals surface area contributed by atoms with Crippen LogP contribution >= 0.6 is 0 Å². The lowest BCUT2D eigenvalue weighted by Gasteiger charge is -2.11. The maximum absolute atomic E-state index is 12.4. The molecule has 0 bridgehead atoms. The van der Waals surface area contributed by atoms with Crippen molar-refractivity contribution in [3.8, 4) is 17.2 Å². The van der Waals surface area contributed by atoms with E-state index in [0.29, 0.717) is 42.4 Å². The number of methoxy groups -OCH3 is 2. The molecule has 0 saturated heterocycles. The lowest BCUT2D eigenvalue weighted by molar-refractivity contribution is -0.137. The minimum Gasteiger partial charge on any atom is -0.497 e. The van der Waals surface area contributed by atoms with Crippen LogP contribution < -0.4 is 19.5 Å². The third kappa shape index (κ3) is 6.22. The van der Waals surface area contributed by atoms with E-state index >= 15 is 0 Å². The van der Waals surface area contributed by atoms with E-state index in [9.17, 15) is 9.59 Å². The fourth-order valence-electron chi connectivity index (χ4n) is 2.39. The summed E-state index contributed by atoms with van der Waals surface area (Å²) in [7, 11) is 3.04. The van der Waals surface area contributed by atoms with E-state index < -0.39 is 5.97 Å².